The highest BCUT2D eigenvalue weighted by Crippen LogP contribution is 2.24. The lowest BCUT2D eigenvalue weighted by Crippen LogP contribution is -2.41. The molecule has 1 amide bonds. The monoisotopic (exact) mass is 388 g/mol. The van der Waals surface area contributed by atoms with Gasteiger partial charge in [0.2, 0.25) is 0 Å². The van der Waals surface area contributed by atoms with Gasteiger partial charge in [-0.1, -0.05) is 45.7 Å². The Kier molecular flexibility index (Phi) is 5.00. The van der Waals surface area contributed by atoms with Gasteiger partial charge in [0.1, 0.15) is 4.90 Å². The van der Waals surface area contributed by atoms with Gasteiger partial charge in [0.15, 0.2) is 0 Å². The van der Waals surface area contributed by atoms with Gasteiger partial charge in [-0.15, -0.1) is 4.83 Å². The maximum absolute atomic E-state index is 12.1. The molecule has 0 aliphatic heterocycles. The third-order valence-corrected chi connectivity index (χ3v) is 4.74. The van der Waals surface area contributed by atoms with Gasteiger partial charge in [0, 0.05) is 10.0 Å². The Morgan fingerprint density at radius 2 is 1.76 bits per heavy atom. The van der Waals surface area contributed by atoms with E-state index < -0.39 is 15.9 Å². The van der Waals surface area contributed by atoms with Crippen molar-refractivity contribution in [1.82, 2.24) is 10.3 Å². The van der Waals surface area contributed by atoms with E-state index >= 15 is 0 Å². The second kappa shape index (κ2) is 6.57. The number of benzene rings is 2. The minimum absolute atomic E-state index is 0.0471. The van der Waals surface area contributed by atoms with Crippen molar-refractivity contribution >= 4 is 43.5 Å². The maximum Gasteiger partial charge on any atom is 0.266 e. The van der Waals surface area contributed by atoms with Crippen LogP contribution >= 0.6 is 27.5 Å². The molecule has 21 heavy (non-hydrogen) atoms. The van der Waals surface area contributed by atoms with Crippen molar-refractivity contribution < 1.29 is 13.2 Å². The zero-order valence-electron chi connectivity index (χ0n) is 10.5. The molecule has 0 saturated heterocycles. The van der Waals surface area contributed by atoms with Crippen LogP contribution in [0, 0.1) is 0 Å². The minimum atomic E-state index is -3.95. The van der Waals surface area contributed by atoms with Gasteiger partial charge in [-0.05, 0) is 30.3 Å². The van der Waals surface area contributed by atoms with Crippen LogP contribution in [0.1, 0.15) is 10.4 Å². The van der Waals surface area contributed by atoms with Crippen LogP contribution in [-0.2, 0) is 10.0 Å². The summed E-state index contributed by atoms with van der Waals surface area (Å²) in [7, 11) is -3.95. The molecule has 0 bridgehead atoms. The molecule has 2 aromatic rings. The molecule has 0 spiro atoms. The third kappa shape index (κ3) is 4.04. The summed E-state index contributed by atoms with van der Waals surface area (Å²) in [6.45, 7) is 0. The smallest absolute Gasteiger partial charge is 0.266 e. The number of carbonyl (C=O) groups excluding carboxylic acids is 1. The molecule has 0 atom stereocenters. The number of hydrogen-bond acceptors (Lipinski definition) is 3. The zero-order valence-corrected chi connectivity index (χ0v) is 13.7. The summed E-state index contributed by atoms with van der Waals surface area (Å²) < 4.78 is 24.8. The van der Waals surface area contributed by atoms with Gasteiger partial charge in [-0.25, -0.2) is 8.42 Å². The summed E-state index contributed by atoms with van der Waals surface area (Å²) in [6.07, 6.45) is 0. The van der Waals surface area contributed by atoms with Crippen LogP contribution in [0.5, 0.6) is 0 Å². The van der Waals surface area contributed by atoms with E-state index in [2.05, 4.69) is 21.4 Å². The number of hydrazine groups is 1. The van der Waals surface area contributed by atoms with Crippen molar-refractivity contribution in [2.75, 3.05) is 0 Å². The zero-order chi connectivity index (χ0) is 15.5. The molecular formula is C13H10BrClN2O3S. The van der Waals surface area contributed by atoms with E-state index in [1.54, 1.807) is 36.4 Å². The van der Waals surface area contributed by atoms with E-state index in [4.69, 9.17) is 11.6 Å². The Balaban J connectivity index is 2.13. The Hall–Kier alpha value is -1.41. The van der Waals surface area contributed by atoms with Gasteiger partial charge < -0.3 is 0 Å². The summed E-state index contributed by atoms with van der Waals surface area (Å²) in [5.74, 6) is -0.563. The summed E-state index contributed by atoms with van der Waals surface area (Å²) in [5.41, 5.74) is 2.47. The molecule has 0 fully saturated rings. The highest BCUT2D eigenvalue weighted by Gasteiger charge is 2.19. The Morgan fingerprint density at radius 3 is 2.38 bits per heavy atom. The second-order valence-corrected chi connectivity index (χ2v) is 6.97. The van der Waals surface area contributed by atoms with E-state index in [-0.39, 0.29) is 9.92 Å². The number of sulfonamides is 1. The molecule has 0 aliphatic rings. The Bertz CT molecular complexity index is 766. The lowest BCUT2D eigenvalue weighted by molar-refractivity contribution is 0.0945. The molecule has 110 valence electrons. The number of hydrogen-bond donors (Lipinski definition) is 2. The molecule has 0 unspecified atom stereocenters. The van der Waals surface area contributed by atoms with Crippen LogP contribution in [0.3, 0.4) is 0 Å². The van der Waals surface area contributed by atoms with Crippen LogP contribution < -0.4 is 10.3 Å². The molecule has 0 heterocycles. The van der Waals surface area contributed by atoms with E-state index in [0.717, 1.165) is 0 Å². The highest BCUT2D eigenvalue weighted by molar-refractivity contribution is 9.10. The first kappa shape index (κ1) is 16.0. The number of halogens is 2. The van der Waals surface area contributed by atoms with Crippen molar-refractivity contribution in [3.8, 4) is 0 Å². The fraction of sp³-hybridized carbons (Fsp3) is 0. The summed E-state index contributed by atoms with van der Waals surface area (Å²) >= 11 is 9.07. The van der Waals surface area contributed by atoms with Crippen LogP contribution in [0.25, 0.3) is 0 Å². The summed E-state index contributed by atoms with van der Waals surface area (Å²) in [5, 5.41) is 0.0471. The van der Waals surface area contributed by atoms with Crippen molar-refractivity contribution in [2.24, 2.45) is 0 Å². The van der Waals surface area contributed by atoms with E-state index in [1.165, 1.54) is 12.1 Å². The largest absolute Gasteiger partial charge is 0.273 e. The van der Waals surface area contributed by atoms with Gasteiger partial charge >= 0.3 is 0 Å². The number of amides is 1. The average molecular weight is 390 g/mol. The molecule has 2 rings (SSSR count). The second-order valence-electron chi connectivity index (χ2n) is 4.00. The molecule has 2 aromatic carbocycles. The number of rotatable bonds is 4. The van der Waals surface area contributed by atoms with Crippen molar-refractivity contribution in [3.05, 3.63) is 63.6 Å². The molecule has 0 saturated carbocycles. The fourth-order valence-electron chi connectivity index (χ4n) is 1.52. The van der Waals surface area contributed by atoms with Gasteiger partial charge in [0.05, 0.1) is 5.02 Å². The molecule has 5 nitrogen and oxygen atoms in total. The van der Waals surface area contributed by atoms with Crippen molar-refractivity contribution in [1.29, 1.82) is 0 Å². The number of nitrogens with one attached hydrogen (secondary N) is 2. The Labute approximate surface area is 135 Å². The van der Waals surface area contributed by atoms with Crippen molar-refractivity contribution in [2.45, 2.75) is 4.90 Å². The van der Waals surface area contributed by atoms with Gasteiger partial charge in [0.25, 0.3) is 15.9 Å². The first-order valence-corrected chi connectivity index (χ1v) is 8.38. The first-order chi connectivity index (χ1) is 9.90. The minimum Gasteiger partial charge on any atom is -0.273 e. The highest BCUT2D eigenvalue weighted by atomic mass is 79.9. The lowest BCUT2D eigenvalue weighted by Gasteiger charge is -2.09. The normalized spacial score (nSPS) is 11.1. The molecule has 2 N–H and O–H groups in total. The van der Waals surface area contributed by atoms with E-state index in [9.17, 15) is 13.2 Å². The van der Waals surface area contributed by atoms with E-state index in [1.807, 2.05) is 4.83 Å². The quantitative estimate of drug-likeness (QED) is 0.790. The molecule has 8 heteroatoms. The maximum atomic E-state index is 12.1. The SMILES string of the molecule is O=C(NNS(=O)(=O)c1ccc(Br)cc1Cl)c1ccccc1. The topological polar surface area (TPSA) is 75.3 Å². The van der Waals surface area contributed by atoms with Crippen LogP contribution in [0.15, 0.2) is 57.9 Å². The van der Waals surface area contributed by atoms with Gasteiger partial charge in [-0.3, -0.25) is 10.2 Å². The molecule has 0 radical (unpaired) electrons. The molecular weight excluding hydrogens is 380 g/mol. The summed E-state index contributed by atoms with van der Waals surface area (Å²) in [6, 6.07) is 12.6. The standard InChI is InChI=1S/C13H10BrClN2O3S/c14-10-6-7-12(11(15)8-10)21(19,20)17-16-13(18)9-4-2-1-3-5-9/h1-8,17H,(H,16,18). The fourth-order valence-corrected chi connectivity index (χ4v) is 3.40. The number of carbonyl (C=O) groups is 1. The van der Waals surface area contributed by atoms with Gasteiger partial charge in [-0.2, -0.15) is 0 Å². The average Bonchev–Trinajstić information content (AvgIpc) is 2.45. The van der Waals surface area contributed by atoms with Crippen LogP contribution in [0.2, 0.25) is 5.02 Å². The predicted molar refractivity (Wildman–Crippen MR) is 83.4 cm³/mol. The molecule has 0 aromatic heterocycles. The summed E-state index contributed by atoms with van der Waals surface area (Å²) in [4.78, 5) is 13.7. The molecule has 0 aliphatic carbocycles. The third-order valence-electron chi connectivity index (χ3n) is 2.52. The van der Waals surface area contributed by atoms with Crippen molar-refractivity contribution in [3.63, 3.8) is 0 Å². The lowest BCUT2D eigenvalue weighted by atomic mass is 10.2. The first-order valence-electron chi connectivity index (χ1n) is 5.72. The van der Waals surface area contributed by atoms with E-state index in [0.29, 0.717) is 10.0 Å². The van der Waals surface area contributed by atoms with Crippen LogP contribution in [-0.4, -0.2) is 14.3 Å². The predicted octanol–water partition coefficient (Wildman–Crippen LogP) is 2.73. The van der Waals surface area contributed by atoms with Crippen LogP contribution in [0.4, 0.5) is 0 Å². The Morgan fingerprint density at radius 1 is 1.10 bits per heavy atom.